The van der Waals surface area contributed by atoms with Crippen LogP contribution < -0.4 is 15.4 Å². The number of nitrogens with one attached hydrogen (secondary N) is 2. The molecule has 2 amide bonds. The Labute approximate surface area is 167 Å². The number of hydrogen-bond acceptors (Lipinski definition) is 4. The van der Waals surface area contributed by atoms with Crippen LogP contribution in [0.5, 0.6) is 5.75 Å². The SMILES string of the molecule is COc1ccc(NC(=O)/C(=C/c2cccs2)NC(=O)c2ccc(C)cc2)cc1. The lowest BCUT2D eigenvalue weighted by Gasteiger charge is -2.11. The van der Waals surface area contributed by atoms with Crippen molar-refractivity contribution in [3.63, 3.8) is 0 Å². The molecule has 0 saturated heterocycles. The lowest BCUT2D eigenvalue weighted by atomic mass is 10.1. The molecule has 142 valence electrons. The fourth-order valence-corrected chi connectivity index (χ4v) is 3.10. The molecule has 0 saturated carbocycles. The summed E-state index contributed by atoms with van der Waals surface area (Å²) in [5, 5.41) is 7.43. The molecule has 5 nitrogen and oxygen atoms in total. The summed E-state index contributed by atoms with van der Waals surface area (Å²) >= 11 is 1.48. The van der Waals surface area contributed by atoms with Crippen LogP contribution in [-0.2, 0) is 4.79 Å². The Morgan fingerprint density at radius 1 is 1.00 bits per heavy atom. The Morgan fingerprint density at radius 2 is 1.71 bits per heavy atom. The maximum atomic E-state index is 12.8. The van der Waals surface area contributed by atoms with E-state index in [0.717, 1.165) is 10.4 Å². The normalized spacial score (nSPS) is 11.0. The Hall–Kier alpha value is -3.38. The van der Waals surface area contributed by atoms with Crippen molar-refractivity contribution in [2.75, 3.05) is 12.4 Å². The summed E-state index contributed by atoms with van der Waals surface area (Å²) in [6.07, 6.45) is 1.66. The number of rotatable bonds is 6. The monoisotopic (exact) mass is 392 g/mol. The molecule has 0 atom stereocenters. The van der Waals surface area contributed by atoms with Crippen LogP contribution in [0, 0.1) is 6.92 Å². The quantitative estimate of drug-likeness (QED) is 0.608. The molecule has 1 aromatic heterocycles. The third-order valence-corrected chi connectivity index (χ3v) is 4.80. The van der Waals surface area contributed by atoms with E-state index >= 15 is 0 Å². The zero-order valence-electron chi connectivity index (χ0n) is 15.6. The maximum Gasteiger partial charge on any atom is 0.272 e. The highest BCUT2D eigenvalue weighted by Gasteiger charge is 2.15. The summed E-state index contributed by atoms with van der Waals surface area (Å²) in [7, 11) is 1.58. The van der Waals surface area contributed by atoms with Gasteiger partial charge in [0.15, 0.2) is 0 Å². The molecule has 28 heavy (non-hydrogen) atoms. The molecule has 0 spiro atoms. The number of aryl methyl sites for hydroxylation is 1. The Morgan fingerprint density at radius 3 is 2.32 bits per heavy atom. The minimum Gasteiger partial charge on any atom is -0.497 e. The zero-order chi connectivity index (χ0) is 19.9. The summed E-state index contributed by atoms with van der Waals surface area (Å²) in [6, 6.07) is 17.9. The standard InChI is InChI=1S/C22H20N2O3S/c1-15-5-7-16(8-6-15)21(25)24-20(14-19-4-3-13-28-19)22(26)23-17-9-11-18(27-2)12-10-17/h3-14H,1-2H3,(H,23,26)(H,24,25)/b20-14-. The van der Waals surface area contributed by atoms with Crippen LogP contribution in [-0.4, -0.2) is 18.9 Å². The molecule has 0 fully saturated rings. The van der Waals surface area contributed by atoms with Crippen LogP contribution in [0.3, 0.4) is 0 Å². The van der Waals surface area contributed by atoms with Crippen LogP contribution in [0.4, 0.5) is 5.69 Å². The molecule has 3 aromatic rings. The summed E-state index contributed by atoms with van der Waals surface area (Å²) in [5.74, 6) is -0.0493. The minimum atomic E-state index is -0.404. The van der Waals surface area contributed by atoms with Gasteiger partial charge >= 0.3 is 0 Å². The summed E-state index contributed by atoms with van der Waals surface area (Å²) in [5.41, 5.74) is 2.32. The number of amides is 2. The van der Waals surface area contributed by atoms with Gasteiger partial charge in [0.1, 0.15) is 11.4 Å². The fourth-order valence-electron chi connectivity index (χ4n) is 2.45. The van der Waals surface area contributed by atoms with E-state index in [-0.39, 0.29) is 11.6 Å². The minimum absolute atomic E-state index is 0.170. The van der Waals surface area contributed by atoms with Gasteiger partial charge in [0.2, 0.25) is 0 Å². The number of carbonyl (C=O) groups is 2. The van der Waals surface area contributed by atoms with Gasteiger partial charge in [-0.15, -0.1) is 11.3 Å². The van der Waals surface area contributed by atoms with Gasteiger partial charge in [-0.2, -0.15) is 0 Å². The van der Waals surface area contributed by atoms with Crippen molar-refractivity contribution in [1.82, 2.24) is 5.32 Å². The van der Waals surface area contributed by atoms with Gasteiger partial charge in [-0.25, -0.2) is 0 Å². The predicted octanol–water partition coefficient (Wildman–Crippen LogP) is 4.47. The lowest BCUT2D eigenvalue weighted by molar-refractivity contribution is -0.113. The summed E-state index contributed by atoms with van der Waals surface area (Å²) in [6.45, 7) is 1.95. The number of anilines is 1. The smallest absolute Gasteiger partial charge is 0.272 e. The van der Waals surface area contributed by atoms with Crippen LogP contribution in [0.1, 0.15) is 20.8 Å². The molecule has 0 aliphatic rings. The summed E-state index contributed by atoms with van der Waals surface area (Å²) < 4.78 is 5.12. The van der Waals surface area contributed by atoms with Gasteiger partial charge in [0.05, 0.1) is 7.11 Å². The highest BCUT2D eigenvalue weighted by molar-refractivity contribution is 7.10. The Balaban J connectivity index is 1.80. The van der Waals surface area contributed by atoms with Crippen molar-refractivity contribution in [1.29, 1.82) is 0 Å². The molecule has 2 N–H and O–H groups in total. The van der Waals surface area contributed by atoms with Gasteiger partial charge in [-0.05, 0) is 60.8 Å². The topological polar surface area (TPSA) is 67.4 Å². The molecular formula is C22H20N2O3S. The average molecular weight is 392 g/mol. The molecule has 0 aliphatic carbocycles. The van der Waals surface area contributed by atoms with E-state index in [1.807, 2.05) is 36.6 Å². The first-order valence-electron chi connectivity index (χ1n) is 8.64. The number of hydrogen-bond donors (Lipinski definition) is 2. The number of carbonyl (C=O) groups excluding carboxylic acids is 2. The molecule has 6 heteroatoms. The number of ether oxygens (including phenoxy) is 1. The number of benzene rings is 2. The van der Waals surface area contributed by atoms with Gasteiger partial charge in [-0.3, -0.25) is 9.59 Å². The third-order valence-electron chi connectivity index (χ3n) is 3.98. The van der Waals surface area contributed by atoms with Crippen LogP contribution in [0.25, 0.3) is 6.08 Å². The van der Waals surface area contributed by atoms with Gasteiger partial charge in [0.25, 0.3) is 11.8 Å². The van der Waals surface area contributed by atoms with Crippen molar-refractivity contribution in [2.24, 2.45) is 0 Å². The van der Waals surface area contributed by atoms with Gasteiger partial charge < -0.3 is 15.4 Å². The van der Waals surface area contributed by atoms with E-state index in [1.165, 1.54) is 11.3 Å². The van der Waals surface area contributed by atoms with E-state index in [4.69, 9.17) is 4.74 Å². The first-order chi connectivity index (χ1) is 13.5. The predicted molar refractivity (Wildman–Crippen MR) is 113 cm³/mol. The van der Waals surface area contributed by atoms with Crippen molar-refractivity contribution in [2.45, 2.75) is 6.92 Å². The molecule has 0 aliphatic heterocycles. The van der Waals surface area contributed by atoms with E-state index in [2.05, 4.69) is 10.6 Å². The molecule has 0 bridgehead atoms. The Kier molecular flexibility index (Phi) is 6.24. The highest BCUT2D eigenvalue weighted by atomic mass is 32.1. The molecule has 0 unspecified atom stereocenters. The Bertz CT molecular complexity index is 976. The van der Waals surface area contributed by atoms with Gasteiger partial charge in [0, 0.05) is 16.1 Å². The molecule has 3 rings (SSSR count). The molecule has 1 heterocycles. The van der Waals surface area contributed by atoms with Crippen molar-refractivity contribution in [3.8, 4) is 5.75 Å². The van der Waals surface area contributed by atoms with E-state index in [1.54, 1.807) is 49.6 Å². The van der Waals surface area contributed by atoms with Gasteiger partial charge in [-0.1, -0.05) is 23.8 Å². The first kappa shape index (κ1) is 19.4. The molecular weight excluding hydrogens is 372 g/mol. The zero-order valence-corrected chi connectivity index (χ0v) is 16.4. The maximum absolute atomic E-state index is 12.8. The summed E-state index contributed by atoms with van der Waals surface area (Å²) in [4.78, 5) is 26.2. The van der Waals surface area contributed by atoms with E-state index in [0.29, 0.717) is 17.0 Å². The largest absolute Gasteiger partial charge is 0.497 e. The van der Waals surface area contributed by atoms with Crippen molar-refractivity contribution in [3.05, 3.63) is 87.7 Å². The fraction of sp³-hybridized carbons (Fsp3) is 0.0909. The second-order valence-electron chi connectivity index (χ2n) is 6.08. The van der Waals surface area contributed by atoms with E-state index < -0.39 is 5.91 Å². The second-order valence-corrected chi connectivity index (χ2v) is 7.06. The first-order valence-corrected chi connectivity index (χ1v) is 9.52. The van der Waals surface area contributed by atoms with Crippen LogP contribution >= 0.6 is 11.3 Å². The number of methoxy groups -OCH3 is 1. The van der Waals surface area contributed by atoms with E-state index in [9.17, 15) is 9.59 Å². The molecule has 0 radical (unpaired) electrons. The van der Waals surface area contributed by atoms with Crippen molar-refractivity contribution < 1.29 is 14.3 Å². The number of thiophene rings is 1. The third kappa shape index (κ3) is 5.08. The van der Waals surface area contributed by atoms with Crippen LogP contribution in [0.2, 0.25) is 0 Å². The molecule has 2 aromatic carbocycles. The second kappa shape index (κ2) is 9.01. The lowest BCUT2D eigenvalue weighted by Crippen LogP contribution is -2.30. The average Bonchev–Trinajstić information content (AvgIpc) is 3.21. The van der Waals surface area contributed by atoms with Crippen LogP contribution in [0.15, 0.2) is 71.7 Å². The van der Waals surface area contributed by atoms with Crippen molar-refractivity contribution >= 4 is 34.9 Å². The highest BCUT2D eigenvalue weighted by Crippen LogP contribution is 2.17.